The number of aryl methyl sites for hydroxylation is 1. The van der Waals surface area contributed by atoms with E-state index in [1.807, 2.05) is 47.8 Å². The maximum absolute atomic E-state index is 12.4. The van der Waals surface area contributed by atoms with Gasteiger partial charge in [-0.15, -0.1) is 11.3 Å². The van der Waals surface area contributed by atoms with Crippen LogP contribution < -0.4 is 10.6 Å². The Morgan fingerprint density at radius 3 is 2.71 bits per heavy atom. The molecule has 0 bridgehead atoms. The summed E-state index contributed by atoms with van der Waals surface area (Å²) in [7, 11) is 0. The van der Waals surface area contributed by atoms with Crippen LogP contribution in [0.5, 0.6) is 0 Å². The van der Waals surface area contributed by atoms with Gasteiger partial charge in [0.2, 0.25) is 0 Å². The summed E-state index contributed by atoms with van der Waals surface area (Å²) in [6, 6.07) is 18.4. The molecule has 0 aliphatic heterocycles. The number of benzene rings is 3. The number of hydrogen-bond acceptors (Lipinski definition) is 6. The summed E-state index contributed by atoms with van der Waals surface area (Å²) in [6.07, 6.45) is 0. The molecular formula is C22H16N4O3S2. The van der Waals surface area contributed by atoms with Gasteiger partial charge in [-0.2, -0.15) is 0 Å². The van der Waals surface area contributed by atoms with Crippen LogP contribution in [-0.2, 0) is 0 Å². The Kier molecular flexibility index (Phi) is 5.70. The molecule has 7 nitrogen and oxygen atoms in total. The maximum Gasteiger partial charge on any atom is 0.273 e. The van der Waals surface area contributed by atoms with Gasteiger partial charge in [0.25, 0.3) is 11.6 Å². The van der Waals surface area contributed by atoms with Crippen molar-refractivity contribution in [3.05, 3.63) is 87.3 Å². The zero-order valence-corrected chi connectivity index (χ0v) is 17.9. The standard InChI is InChI=1S/C22H16N4O3S2/c1-13-9-10-15(11-19(13)26(28)29)20(27)24-21(30)25-22-23-18(12-31-22)17-8-4-6-14-5-2-3-7-16(14)17/h2-12H,1H3,(H2,23,24,25,27,30). The van der Waals surface area contributed by atoms with E-state index in [1.165, 1.54) is 29.5 Å². The number of nitro groups is 1. The van der Waals surface area contributed by atoms with Crippen molar-refractivity contribution in [1.29, 1.82) is 0 Å². The minimum atomic E-state index is -0.536. The molecule has 0 aliphatic carbocycles. The summed E-state index contributed by atoms with van der Waals surface area (Å²) in [5.74, 6) is -0.536. The van der Waals surface area contributed by atoms with Gasteiger partial charge in [0, 0.05) is 28.1 Å². The molecule has 1 amide bonds. The van der Waals surface area contributed by atoms with E-state index in [9.17, 15) is 14.9 Å². The Balaban J connectivity index is 1.48. The Morgan fingerprint density at radius 1 is 1.13 bits per heavy atom. The fourth-order valence-electron chi connectivity index (χ4n) is 3.15. The molecule has 0 saturated carbocycles. The lowest BCUT2D eigenvalue weighted by atomic mass is 10.0. The van der Waals surface area contributed by atoms with E-state index in [1.54, 1.807) is 6.92 Å². The second-order valence-corrected chi connectivity index (χ2v) is 8.00. The first-order valence-electron chi connectivity index (χ1n) is 9.23. The minimum Gasteiger partial charge on any atom is -0.308 e. The van der Waals surface area contributed by atoms with Gasteiger partial charge >= 0.3 is 0 Å². The lowest BCUT2D eigenvalue weighted by Crippen LogP contribution is -2.34. The van der Waals surface area contributed by atoms with Crippen molar-refractivity contribution in [2.75, 3.05) is 5.32 Å². The number of nitrogens with zero attached hydrogens (tertiary/aromatic N) is 2. The molecule has 9 heteroatoms. The highest BCUT2D eigenvalue weighted by Gasteiger charge is 2.16. The number of nitro benzene ring substituents is 1. The van der Waals surface area contributed by atoms with E-state index >= 15 is 0 Å². The van der Waals surface area contributed by atoms with Gasteiger partial charge in [-0.05, 0) is 36.0 Å². The lowest BCUT2D eigenvalue weighted by Gasteiger charge is -2.08. The molecule has 1 aromatic heterocycles. The third kappa shape index (κ3) is 4.42. The highest BCUT2D eigenvalue weighted by molar-refractivity contribution is 7.80. The first kappa shape index (κ1) is 20.6. The number of carbonyl (C=O) groups excluding carboxylic acids is 1. The number of thiazole rings is 1. The molecule has 1 heterocycles. The zero-order valence-electron chi connectivity index (χ0n) is 16.3. The highest BCUT2D eigenvalue weighted by Crippen LogP contribution is 2.31. The monoisotopic (exact) mass is 448 g/mol. The lowest BCUT2D eigenvalue weighted by molar-refractivity contribution is -0.385. The molecule has 0 fully saturated rings. The number of hydrogen-bond donors (Lipinski definition) is 2. The fraction of sp³-hybridized carbons (Fsp3) is 0.0455. The van der Waals surface area contributed by atoms with Gasteiger partial charge in [0.15, 0.2) is 10.2 Å². The van der Waals surface area contributed by atoms with Crippen LogP contribution in [0.15, 0.2) is 66.0 Å². The van der Waals surface area contributed by atoms with Crippen LogP contribution in [0.4, 0.5) is 10.8 Å². The van der Waals surface area contributed by atoms with Gasteiger partial charge in [0.05, 0.1) is 10.6 Å². The average molecular weight is 449 g/mol. The summed E-state index contributed by atoms with van der Waals surface area (Å²) in [4.78, 5) is 27.6. The third-order valence-electron chi connectivity index (χ3n) is 4.69. The second-order valence-electron chi connectivity index (χ2n) is 6.73. The van der Waals surface area contributed by atoms with Crippen molar-refractivity contribution in [3.63, 3.8) is 0 Å². The van der Waals surface area contributed by atoms with E-state index in [4.69, 9.17) is 12.2 Å². The van der Waals surface area contributed by atoms with Crippen LogP contribution in [0, 0.1) is 17.0 Å². The number of anilines is 1. The Bertz CT molecular complexity index is 1330. The molecule has 0 aliphatic rings. The Hall–Kier alpha value is -3.69. The summed E-state index contributed by atoms with van der Waals surface area (Å²) in [5.41, 5.74) is 2.31. The van der Waals surface area contributed by atoms with Crippen molar-refractivity contribution < 1.29 is 9.72 Å². The van der Waals surface area contributed by atoms with Crippen LogP contribution >= 0.6 is 23.6 Å². The van der Waals surface area contributed by atoms with Crippen molar-refractivity contribution in [1.82, 2.24) is 10.3 Å². The van der Waals surface area contributed by atoms with E-state index in [-0.39, 0.29) is 16.4 Å². The maximum atomic E-state index is 12.4. The van der Waals surface area contributed by atoms with Crippen molar-refractivity contribution in [2.24, 2.45) is 0 Å². The molecule has 31 heavy (non-hydrogen) atoms. The first-order valence-corrected chi connectivity index (χ1v) is 10.5. The predicted molar refractivity (Wildman–Crippen MR) is 127 cm³/mol. The molecule has 0 saturated heterocycles. The van der Waals surface area contributed by atoms with Crippen LogP contribution in [0.25, 0.3) is 22.0 Å². The number of fused-ring (bicyclic) bond motifs is 1. The largest absolute Gasteiger partial charge is 0.308 e. The van der Waals surface area contributed by atoms with Crippen molar-refractivity contribution in [2.45, 2.75) is 6.92 Å². The van der Waals surface area contributed by atoms with Gasteiger partial charge in [-0.25, -0.2) is 4.98 Å². The number of amides is 1. The molecule has 0 atom stereocenters. The van der Waals surface area contributed by atoms with Gasteiger partial charge in [-0.1, -0.05) is 48.5 Å². The smallest absolute Gasteiger partial charge is 0.273 e. The van der Waals surface area contributed by atoms with Gasteiger partial charge in [-0.3, -0.25) is 20.2 Å². The molecule has 0 unspecified atom stereocenters. The molecule has 0 radical (unpaired) electrons. The quantitative estimate of drug-likeness (QED) is 0.250. The third-order valence-corrected chi connectivity index (χ3v) is 5.65. The van der Waals surface area contributed by atoms with E-state index < -0.39 is 10.8 Å². The predicted octanol–water partition coefficient (Wildman–Crippen LogP) is 5.31. The van der Waals surface area contributed by atoms with Crippen LogP contribution in [-0.4, -0.2) is 20.9 Å². The normalized spacial score (nSPS) is 10.6. The summed E-state index contributed by atoms with van der Waals surface area (Å²) >= 11 is 6.58. The fourth-order valence-corrected chi connectivity index (χ4v) is 4.12. The Labute approximate surface area is 186 Å². The highest BCUT2D eigenvalue weighted by atomic mass is 32.1. The number of rotatable bonds is 4. The average Bonchev–Trinajstić information content (AvgIpc) is 3.21. The van der Waals surface area contributed by atoms with Crippen LogP contribution in [0.2, 0.25) is 0 Å². The summed E-state index contributed by atoms with van der Waals surface area (Å²) < 4.78 is 0. The van der Waals surface area contributed by atoms with E-state index in [2.05, 4.69) is 15.6 Å². The van der Waals surface area contributed by atoms with E-state index in [0.717, 1.165) is 22.0 Å². The van der Waals surface area contributed by atoms with Crippen LogP contribution in [0.1, 0.15) is 15.9 Å². The molecule has 154 valence electrons. The first-order chi connectivity index (χ1) is 14.9. The zero-order chi connectivity index (χ0) is 22.0. The topological polar surface area (TPSA) is 97.2 Å². The Morgan fingerprint density at radius 2 is 1.90 bits per heavy atom. The minimum absolute atomic E-state index is 0.0621. The number of carbonyl (C=O) groups is 1. The second kappa shape index (κ2) is 8.58. The number of aromatic nitrogens is 1. The molecular weight excluding hydrogens is 432 g/mol. The van der Waals surface area contributed by atoms with Gasteiger partial charge in [0.1, 0.15) is 0 Å². The SMILES string of the molecule is Cc1ccc(C(=O)NC(=S)Nc2nc(-c3cccc4ccccc34)cs2)cc1[N+](=O)[O-]. The van der Waals surface area contributed by atoms with Crippen molar-refractivity contribution >= 4 is 56.2 Å². The van der Waals surface area contributed by atoms with Crippen LogP contribution in [0.3, 0.4) is 0 Å². The summed E-state index contributed by atoms with van der Waals surface area (Å²) in [6.45, 7) is 1.61. The van der Waals surface area contributed by atoms with Crippen molar-refractivity contribution in [3.8, 4) is 11.3 Å². The molecule has 0 spiro atoms. The molecule has 4 rings (SSSR count). The number of thiocarbonyl (C=S) groups is 1. The molecule has 4 aromatic rings. The summed E-state index contributed by atoms with van der Waals surface area (Å²) in [5, 5.41) is 21.3. The van der Waals surface area contributed by atoms with Gasteiger partial charge < -0.3 is 5.32 Å². The van der Waals surface area contributed by atoms with E-state index in [0.29, 0.717) is 10.7 Å². The number of nitrogens with one attached hydrogen (secondary N) is 2. The molecule has 3 aromatic carbocycles. The molecule has 2 N–H and O–H groups in total.